The lowest BCUT2D eigenvalue weighted by Gasteiger charge is -2.35. The van der Waals surface area contributed by atoms with Crippen LogP contribution in [0.3, 0.4) is 0 Å². The van der Waals surface area contributed by atoms with E-state index in [2.05, 4.69) is 12.2 Å². The minimum atomic E-state index is -3.98. The Morgan fingerprint density at radius 1 is 1.03 bits per heavy atom. The predicted molar refractivity (Wildman–Crippen MR) is 131 cm³/mol. The van der Waals surface area contributed by atoms with Gasteiger partial charge in [-0.3, -0.25) is 4.79 Å². The van der Waals surface area contributed by atoms with E-state index < -0.39 is 34.0 Å². The molecule has 3 rings (SSSR count). The van der Waals surface area contributed by atoms with Crippen LogP contribution in [0.2, 0.25) is 0 Å². The number of nitrogens with zero attached hydrogens (tertiary/aromatic N) is 1. The van der Waals surface area contributed by atoms with Crippen molar-refractivity contribution in [3.05, 3.63) is 65.2 Å². The molecule has 1 unspecified atom stereocenters. The topological polar surface area (TPSA) is 104 Å². The molecule has 184 valence electrons. The van der Waals surface area contributed by atoms with E-state index >= 15 is 0 Å². The number of amides is 1. The van der Waals surface area contributed by atoms with Crippen molar-refractivity contribution >= 4 is 21.9 Å². The molecule has 0 aliphatic carbocycles. The van der Waals surface area contributed by atoms with Gasteiger partial charge in [-0.05, 0) is 54.5 Å². The Labute approximate surface area is 202 Å². The van der Waals surface area contributed by atoms with E-state index in [1.807, 2.05) is 43.3 Å². The van der Waals surface area contributed by atoms with Gasteiger partial charge in [0.1, 0.15) is 12.1 Å². The van der Waals surface area contributed by atoms with Gasteiger partial charge in [-0.25, -0.2) is 13.2 Å². The molecule has 1 amide bonds. The highest BCUT2D eigenvalue weighted by Crippen LogP contribution is 2.29. The lowest BCUT2D eigenvalue weighted by atomic mass is 9.95. The fraction of sp³-hybridized carbons (Fsp3) is 0.462. The summed E-state index contributed by atoms with van der Waals surface area (Å²) in [4.78, 5) is 25.1. The number of hydrogen-bond donors (Lipinski definition) is 2. The Bertz CT molecular complexity index is 1100. The second-order valence-electron chi connectivity index (χ2n) is 8.83. The van der Waals surface area contributed by atoms with E-state index in [1.54, 1.807) is 12.1 Å². The SMILES string of the molecule is CCCCc1ccc(S(=O)(=O)N2Cc3ccccc3C[C@H]2C(=O)NC(CCCC)C(=O)O)cc1. The summed E-state index contributed by atoms with van der Waals surface area (Å²) in [5.41, 5.74) is 2.80. The van der Waals surface area contributed by atoms with Crippen LogP contribution in [0.25, 0.3) is 0 Å². The maximum atomic E-state index is 13.7. The molecular formula is C26H34N2O5S. The van der Waals surface area contributed by atoms with E-state index in [0.29, 0.717) is 12.8 Å². The van der Waals surface area contributed by atoms with Crippen molar-refractivity contribution in [2.45, 2.75) is 82.3 Å². The Balaban J connectivity index is 1.91. The maximum absolute atomic E-state index is 13.7. The quantitative estimate of drug-likeness (QED) is 0.501. The molecule has 0 fully saturated rings. The number of rotatable bonds is 11. The first-order valence-corrected chi connectivity index (χ1v) is 13.4. The van der Waals surface area contributed by atoms with Gasteiger partial charge in [0.2, 0.25) is 15.9 Å². The average Bonchev–Trinajstić information content (AvgIpc) is 2.84. The molecule has 8 heteroatoms. The summed E-state index contributed by atoms with van der Waals surface area (Å²) < 4.78 is 28.5. The molecule has 0 aromatic heterocycles. The fourth-order valence-corrected chi connectivity index (χ4v) is 5.82. The second-order valence-corrected chi connectivity index (χ2v) is 10.7. The minimum absolute atomic E-state index is 0.0564. The third-order valence-corrected chi connectivity index (χ3v) is 8.19. The summed E-state index contributed by atoms with van der Waals surface area (Å²) in [5.74, 6) is -1.70. The van der Waals surface area contributed by atoms with E-state index in [4.69, 9.17) is 0 Å². The Hall–Kier alpha value is -2.71. The molecule has 0 saturated carbocycles. The highest BCUT2D eigenvalue weighted by atomic mass is 32.2. The third kappa shape index (κ3) is 6.04. The molecule has 2 aromatic carbocycles. The lowest BCUT2D eigenvalue weighted by molar-refractivity contribution is -0.142. The summed E-state index contributed by atoms with van der Waals surface area (Å²) in [5, 5.41) is 12.1. The van der Waals surface area contributed by atoms with Crippen molar-refractivity contribution in [2.75, 3.05) is 0 Å². The van der Waals surface area contributed by atoms with Crippen molar-refractivity contribution < 1.29 is 23.1 Å². The zero-order valence-corrected chi connectivity index (χ0v) is 20.7. The summed E-state index contributed by atoms with van der Waals surface area (Å²) >= 11 is 0. The van der Waals surface area contributed by atoms with Gasteiger partial charge in [-0.1, -0.05) is 69.5 Å². The molecule has 0 spiro atoms. The van der Waals surface area contributed by atoms with E-state index in [-0.39, 0.29) is 17.9 Å². The monoisotopic (exact) mass is 486 g/mol. The number of benzene rings is 2. The molecule has 34 heavy (non-hydrogen) atoms. The van der Waals surface area contributed by atoms with E-state index in [1.165, 1.54) is 4.31 Å². The number of aryl methyl sites for hydroxylation is 1. The standard InChI is InChI=1S/C26H34N2O5S/c1-3-5-9-19-13-15-22(16-14-19)34(32,33)28-18-21-11-8-7-10-20(21)17-24(28)25(29)27-23(26(30)31)12-6-4-2/h7-8,10-11,13-16,23-24H,3-6,9,12,17-18H2,1-2H3,(H,27,29)(H,30,31)/t23?,24-/m0/s1. The van der Waals surface area contributed by atoms with Crippen molar-refractivity contribution in [1.82, 2.24) is 9.62 Å². The number of carboxylic acid groups (broad SMARTS) is 1. The number of sulfonamides is 1. The van der Waals surface area contributed by atoms with Gasteiger partial charge in [-0.15, -0.1) is 0 Å². The molecule has 0 radical (unpaired) electrons. The number of carboxylic acids is 1. The van der Waals surface area contributed by atoms with Crippen molar-refractivity contribution in [2.24, 2.45) is 0 Å². The lowest BCUT2D eigenvalue weighted by Crippen LogP contribution is -2.55. The van der Waals surface area contributed by atoms with Gasteiger partial charge in [0.25, 0.3) is 0 Å². The van der Waals surface area contributed by atoms with Crippen LogP contribution in [0.5, 0.6) is 0 Å². The average molecular weight is 487 g/mol. The number of unbranched alkanes of at least 4 members (excludes halogenated alkanes) is 2. The highest BCUT2D eigenvalue weighted by Gasteiger charge is 2.40. The molecule has 2 N–H and O–H groups in total. The summed E-state index contributed by atoms with van der Waals surface area (Å²) in [6.45, 7) is 4.11. The summed E-state index contributed by atoms with van der Waals surface area (Å²) in [7, 11) is -3.98. The molecule has 0 bridgehead atoms. The van der Waals surface area contributed by atoms with E-state index in [9.17, 15) is 23.1 Å². The first kappa shape index (κ1) is 25.9. The molecular weight excluding hydrogens is 452 g/mol. The Morgan fingerprint density at radius 3 is 2.29 bits per heavy atom. The number of carbonyl (C=O) groups is 2. The van der Waals surface area contributed by atoms with Gasteiger partial charge in [0.05, 0.1) is 4.90 Å². The summed E-state index contributed by atoms with van der Waals surface area (Å²) in [6.07, 6.45) is 4.90. The second kappa shape index (κ2) is 11.6. The van der Waals surface area contributed by atoms with Gasteiger partial charge in [0, 0.05) is 6.54 Å². The fourth-order valence-electron chi connectivity index (χ4n) is 4.25. The molecule has 2 atom stereocenters. The van der Waals surface area contributed by atoms with Gasteiger partial charge in [-0.2, -0.15) is 4.31 Å². The molecule has 1 aliphatic rings. The number of aliphatic carboxylic acids is 1. The first-order chi connectivity index (χ1) is 16.3. The molecule has 1 aliphatic heterocycles. The van der Waals surface area contributed by atoms with Crippen molar-refractivity contribution in [3.8, 4) is 0 Å². The van der Waals surface area contributed by atoms with Crippen molar-refractivity contribution in [1.29, 1.82) is 0 Å². The Kier molecular flexibility index (Phi) is 8.85. The largest absolute Gasteiger partial charge is 0.480 e. The highest BCUT2D eigenvalue weighted by molar-refractivity contribution is 7.89. The first-order valence-electron chi connectivity index (χ1n) is 12.0. The molecule has 0 saturated heterocycles. The van der Waals surface area contributed by atoms with E-state index in [0.717, 1.165) is 42.4 Å². The van der Waals surface area contributed by atoms with Crippen LogP contribution in [0.15, 0.2) is 53.4 Å². The molecule has 2 aromatic rings. The minimum Gasteiger partial charge on any atom is -0.480 e. The zero-order chi connectivity index (χ0) is 24.7. The van der Waals surface area contributed by atoms with Crippen LogP contribution in [0, 0.1) is 0 Å². The van der Waals surface area contributed by atoms with Crippen LogP contribution in [0.4, 0.5) is 0 Å². The van der Waals surface area contributed by atoms with Gasteiger partial charge < -0.3 is 10.4 Å². The zero-order valence-electron chi connectivity index (χ0n) is 19.9. The van der Waals surface area contributed by atoms with Gasteiger partial charge in [0.15, 0.2) is 0 Å². The predicted octanol–water partition coefficient (Wildman–Crippen LogP) is 3.90. The summed E-state index contributed by atoms with van der Waals surface area (Å²) in [6, 6.07) is 12.2. The van der Waals surface area contributed by atoms with Crippen LogP contribution in [-0.4, -0.2) is 41.8 Å². The Morgan fingerprint density at radius 2 is 1.68 bits per heavy atom. The maximum Gasteiger partial charge on any atom is 0.326 e. The smallest absolute Gasteiger partial charge is 0.326 e. The van der Waals surface area contributed by atoms with Crippen LogP contribution >= 0.6 is 0 Å². The van der Waals surface area contributed by atoms with Gasteiger partial charge >= 0.3 is 5.97 Å². The number of fused-ring (bicyclic) bond motifs is 1. The van der Waals surface area contributed by atoms with Crippen LogP contribution in [-0.2, 0) is 39.0 Å². The van der Waals surface area contributed by atoms with Crippen LogP contribution in [0.1, 0.15) is 62.6 Å². The molecule has 7 nitrogen and oxygen atoms in total. The van der Waals surface area contributed by atoms with Crippen molar-refractivity contribution in [3.63, 3.8) is 0 Å². The normalized spacial score (nSPS) is 17.1. The van der Waals surface area contributed by atoms with Crippen LogP contribution < -0.4 is 5.32 Å². The number of nitrogens with one attached hydrogen (secondary N) is 1. The number of hydrogen-bond acceptors (Lipinski definition) is 4. The third-order valence-electron chi connectivity index (χ3n) is 6.32. The molecule has 1 heterocycles. The number of carbonyl (C=O) groups excluding carboxylic acids is 1.